The number of alkyl halides is 3. The van der Waals surface area contributed by atoms with Crippen LogP contribution < -0.4 is 4.90 Å². The molecule has 1 aromatic heterocycles. The fourth-order valence-corrected chi connectivity index (χ4v) is 2.18. The molecule has 0 aliphatic heterocycles. The van der Waals surface area contributed by atoms with Gasteiger partial charge >= 0.3 is 6.18 Å². The molecular formula is C12H12F3N3. The van der Waals surface area contributed by atoms with Gasteiger partial charge in [-0.15, -0.1) is 0 Å². The molecule has 0 saturated heterocycles. The molecule has 0 radical (unpaired) electrons. The van der Waals surface area contributed by atoms with Gasteiger partial charge in [0.2, 0.25) is 0 Å². The number of fused-ring (bicyclic) bond motifs is 1. The van der Waals surface area contributed by atoms with Crippen LogP contribution in [-0.2, 0) is 12.8 Å². The third kappa shape index (κ3) is 2.55. The lowest BCUT2D eigenvalue weighted by Crippen LogP contribution is -2.32. The van der Waals surface area contributed by atoms with Gasteiger partial charge in [-0.2, -0.15) is 18.4 Å². The summed E-state index contributed by atoms with van der Waals surface area (Å²) < 4.78 is 37.0. The molecule has 0 N–H and O–H groups in total. The second-order valence-corrected chi connectivity index (χ2v) is 4.40. The molecule has 0 unspecified atom stereocenters. The Morgan fingerprint density at radius 1 is 1.44 bits per heavy atom. The average Bonchev–Trinajstić information content (AvgIpc) is 2.71. The molecule has 0 spiro atoms. The Bertz CT molecular complexity index is 503. The first kappa shape index (κ1) is 12.7. The van der Waals surface area contributed by atoms with E-state index < -0.39 is 12.7 Å². The molecule has 3 nitrogen and oxygen atoms in total. The Morgan fingerprint density at radius 3 is 2.78 bits per heavy atom. The van der Waals surface area contributed by atoms with Crippen molar-refractivity contribution < 1.29 is 13.2 Å². The first-order valence-electron chi connectivity index (χ1n) is 5.61. The number of rotatable bonds is 2. The van der Waals surface area contributed by atoms with Gasteiger partial charge in [0.15, 0.2) is 0 Å². The molecule has 6 heteroatoms. The van der Waals surface area contributed by atoms with E-state index in [0.717, 1.165) is 35.4 Å². The van der Waals surface area contributed by atoms with Crippen molar-refractivity contribution >= 4 is 5.82 Å². The average molecular weight is 255 g/mol. The zero-order valence-electron chi connectivity index (χ0n) is 9.88. The molecule has 1 aromatic rings. The van der Waals surface area contributed by atoms with Crippen molar-refractivity contribution in [1.29, 1.82) is 5.26 Å². The van der Waals surface area contributed by atoms with Gasteiger partial charge in [0.05, 0.1) is 5.56 Å². The van der Waals surface area contributed by atoms with E-state index in [2.05, 4.69) is 4.98 Å². The molecule has 0 amide bonds. The SMILES string of the molecule is CN(CC(F)(F)F)c1nc2c(cc1C#N)CCC2. The maximum Gasteiger partial charge on any atom is 0.405 e. The lowest BCUT2D eigenvalue weighted by molar-refractivity contribution is -0.119. The predicted octanol–water partition coefficient (Wildman–Crippen LogP) is 2.44. The van der Waals surface area contributed by atoms with Crippen molar-refractivity contribution in [2.45, 2.75) is 25.4 Å². The van der Waals surface area contributed by atoms with Crippen LogP contribution in [-0.4, -0.2) is 24.8 Å². The number of pyridine rings is 1. The van der Waals surface area contributed by atoms with Crippen LogP contribution >= 0.6 is 0 Å². The van der Waals surface area contributed by atoms with Gasteiger partial charge in [0.1, 0.15) is 18.4 Å². The predicted molar refractivity (Wildman–Crippen MR) is 60.3 cm³/mol. The second kappa shape index (κ2) is 4.48. The van der Waals surface area contributed by atoms with E-state index >= 15 is 0 Å². The highest BCUT2D eigenvalue weighted by Gasteiger charge is 2.31. The maximum atomic E-state index is 12.3. The molecule has 1 aliphatic carbocycles. The Kier molecular flexibility index (Phi) is 3.16. The van der Waals surface area contributed by atoms with Crippen LogP contribution in [0.3, 0.4) is 0 Å². The first-order valence-corrected chi connectivity index (χ1v) is 5.61. The van der Waals surface area contributed by atoms with Crippen molar-refractivity contribution in [2.24, 2.45) is 0 Å². The Labute approximate surface area is 103 Å². The van der Waals surface area contributed by atoms with E-state index in [1.54, 1.807) is 6.07 Å². The number of hydrogen-bond donors (Lipinski definition) is 0. The molecule has 2 rings (SSSR count). The van der Waals surface area contributed by atoms with Gasteiger partial charge in [-0.3, -0.25) is 0 Å². The lowest BCUT2D eigenvalue weighted by Gasteiger charge is -2.21. The van der Waals surface area contributed by atoms with E-state index in [9.17, 15) is 13.2 Å². The summed E-state index contributed by atoms with van der Waals surface area (Å²) in [6.45, 7) is -1.10. The summed E-state index contributed by atoms with van der Waals surface area (Å²) in [5.74, 6) is 0.121. The Morgan fingerprint density at radius 2 is 2.17 bits per heavy atom. The van der Waals surface area contributed by atoms with Crippen LogP contribution in [0.2, 0.25) is 0 Å². The highest BCUT2D eigenvalue weighted by Crippen LogP contribution is 2.28. The van der Waals surface area contributed by atoms with Crippen molar-refractivity contribution in [3.05, 3.63) is 22.9 Å². The summed E-state index contributed by atoms with van der Waals surface area (Å²) >= 11 is 0. The molecule has 1 heterocycles. The summed E-state index contributed by atoms with van der Waals surface area (Å²) in [4.78, 5) is 5.19. The first-order chi connectivity index (χ1) is 8.40. The van der Waals surface area contributed by atoms with E-state index in [-0.39, 0.29) is 11.4 Å². The summed E-state index contributed by atoms with van der Waals surface area (Å²) in [6, 6.07) is 3.58. The van der Waals surface area contributed by atoms with E-state index in [1.165, 1.54) is 7.05 Å². The van der Waals surface area contributed by atoms with Crippen molar-refractivity contribution in [3.8, 4) is 6.07 Å². The molecule has 96 valence electrons. The minimum Gasteiger partial charge on any atom is -0.349 e. The van der Waals surface area contributed by atoms with Crippen LogP contribution in [0, 0.1) is 11.3 Å². The number of aromatic nitrogens is 1. The smallest absolute Gasteiger partial charge is 0.349 e. The quantitative estimate of drug-likeness (QED) is 0.814. The largest absolute Gasteiger partial charge is 0.405 e. The van der Waals surface area contributed by atoms with Gasteiger partial charge in [0, 0.05) is 12.7 Å². The standard InChI is InChI=1S/C12H12F3N3/c1-18(7-12(13,14)15)11-9(6-16)5-8-3-2-4-10(8)17-11/h5H,2-4,7H2,1H3. The fraction of sp³-hybridized carbons (Fsp3) is 0.500. The molecule has 0 aromatic carbocycles. The lowest BCUT2D eigenvalue weighted by atomic mass is 10.1. The van der Waals surface area contributed by atoms with Gasteiger partial charge in [-0.05, 0) is 30.9 Å². The van der Waals surface area contributed by atoms with Gasteiger partial charge in [0.25, 0.3) is 0 Å². The third-order valence-electron chi connectivity index (χ3n) is 2.93. The monoisotopic (exact) mass is 255 g/mol. The van der Waals surface area contributed by atoms with Crippen LogP contribution in [0.25, 0.3) is 0 Å². The normalized spacial score (nSPS) is 14.2. The van der Waals surface area contributed by atoms with Crippen LogP contribution in [0.15, 0.2) is 6.07 Å². The number of halogens is 3. The van der Waals surface area contributed by atoms with Crippen LogP contribution in [0.5, 0.6) is 0 Å². The number of nitrogens with zero attached hydrogens (tertiary/aromatic N) is 3. The molecule has 18 heavy (non-hydrogen) atoms. The summed E-state index contributed by atoms with van der Waals surface area (Å²) in [6.07, 6.45) is -1.74. The summed E-state index contributed by atoms with van der Waals surface area (Å²) in [5, 5.41) is 9.00. The van der Waals surface area contributed by atoms with Crippen molar-refractivity contribution in [2.75, 3.05) is 18.5 Å². The van der Waals surface area contributed by atoms with Crippen molar-refractivity contribution in [1.82, 2.24) is 4.98 Å². The molecule has 0 fully saturated rings. The highest BCUT2D eigenvalue weighted by atomic mass is 19.4. The number of nitriles is 1. The minimum absolute atomic E-state index is 0.121. The molecule has 0 saturated carbocycles. The Balaban J connectivity index is 2.35. The minimum atomic E-state index is -4.30. The number of anilines is 1. The van der Waals surface area contributed by atoms with Crippen molar-refractivity contribution in [3.63, 3.8) is 0 Å². The summed E-state index contributed by atoms with van der Waals surface area (Å²) in [7, 11) is 1.30. The van der Waals surface area contributed by atoms with Crippen LogP contribution in [0.1, 0.15) is 23.2 Å². The topological polar surface area (TPSA) is 39.9 Å². The highest BCUT2D eigenvalue weighted by molar-refractivity contribution is 5.56. The zero-order chi connectivity index (χ0) is 13.3. The fourth-order valence-electron chi connectivity index (χ4n) is 2.18. The third-order valence-corrected chi connectivity index (χ3v) is 2.93. The van der Waals surface area contributed by atoms with Gasteiger partial charge in [-0.1, -0.05) is 0 Å². The van der Waals surface area contributed by atoms with Crippen LogP contribution in [0.4, 0.5) is 19.0 Å². The van der Waals surface area contributed by atoms with E-state index in [1.807, 2.05) is 6.07 Å². The molecule has 0 bridgehead atoms. The van der Waals surface area contributed by atoms with Gasteiger partial charge < -0.3 is 4.90 Å². The molecule has 1 aliphatic rings. The Hall–Kier alpha value is -1.77. The van der Waals surface area contributed by atoms with Gasteiger partial charge in [-0.25, -0.2) is 4.98 Å². The molecular weight excluding hydrogens is 243 g/mol. The second-order valence-electron chi connectivity index (χ2n) is 4.40. The van der Waals surface area contributed by atoms with E-state index in [0.29, 0.717) is 0 Å². The number of aryl methyl sites for hydroxylation is 2. The number of hydrogen-bond acceptors (Lipinski definition) is 3. The summed E-state index contributed by atoms with van der Waals surface area (Å²) in [5.41, 5.74) is 2.01. The molecule has 0 atom stereocenters. The maximum absolute atomic E-state index is 12.3. The zero-order valence-corrected chi connectivity index (χ0v) is 9.88. The van der Waals surface area contributed by atoms with E-state index in [4.69, 9.17) is 5.26 Å².